The molecule has 0 unspecified atom stereocenters. The first kappa shape index (κ1) is 13.4. The summed E-state index contributed by atoms with van der Waals surface area (Å²) in [5.41, 5.74) is 5.87. The van der Waals surface area contributed by atoms with Gasteiger partial charge in [-0.3, -0.25) is 4.79 Å². The van der Waals surface area contributed by atoms with Crippen molar-refractivity contribution < 1.29 is 13.9 Å². The molecule has 1 aromatic carbocycles. The average molecular weight is 322 g/mol. The third-order valence-electron chi connectivity index (χ3n) is 2.47. The van der Waals surface area contributed by atoms with Gasteiger partial charge in [-0.25, -0.2) is 0 Å². The van der Waals surface area contributed by atoms with Crippen LogP contribution in [0, 0.1) is 0 Å². The first-order valence-electron chi connectivity index (χ1n) is 5.51. The number of ether oxygens (including phenoxy) is 1. The van der Waals surface area contributed by atoms with E-state index in [1.807, 2.05) is 24.3 Å². The number of rotatable bonds is 4. The number of nitrogens with two attached hydrogens (primary N) is 1. The van der Waals surface area contributed by atoms with E-state index in [1.54, 1.807) is 13.2 Å². The van der Waals surface area contributed by atoms with Crippen LogP contribution in [0.2, 0.25) is 0 Å². The highest BCUT2D eigenvalue weighted by atomic mass is 79.9. The van der Waals surface area contributed by atoms with Crippen molar-refractivity contribution in [2.45, 2.75) is 0 Å². The fourth-order valence-corrected chi connectivity index (χ4v) is 1.96. The molecule has 2 N–H and O–H groups in total. The Morgan fingerprint density at radius 3 is 2.84 bits per heavy atom. The molecule has 0 saturated heterocycles. The van der Waals surface area contributed by atoms with Gasteiger partial charge in [0, 0.05) is 10.5 Å². The molecular formula is C14H12BrNO3. The van der Waals surface area contributed by atoms with Gasteiger partial charge in [0.2, 0.25) is 5.91 Å². The maximum Gasteiger partial charge on any atom is 0.241 e. The highest BCUT2D eigenvalue weighted by Crippen LogP contribution is 2.33. The quantitative estimate of drug-likeness (QED) is 0.879. The van der Waals surface area contributed by atoms with Crippen LogP contribution < -0.4 is 10.5 Å². The molecule has 0 fully saturated rings. The molecule has 4 nitrogen and oxygen atoms in total. The molecule has 0 radical (unpaired) electrons. The van der Waals surface area contributed by atoms with Crippen LogP contribution in [0.1, 0.15) is 5.76 Å². The molecule has 0 aliphatic heterocycles. The van der Waals surface area contributed by atoms with E-state index < -0.39 is 5.91 Å². The first-order valence-corrected chi connectivity index (χ1v) is 6.30. The third kappa shape index (κ3) is 3.26. The van der Waals surface area contributed by atoms with Gasteiger partial charge in [-0.2, -0.15) is 0 Å². The zero-order chi connectivity index (χ0) is 13.8. The summed E-state index contributed by atoms with van der Waals surface area (Å²) in [6.45, 7) is 0. The van der Waals surface area contributed by atoms with E-state index in [4.69, 9.17) is 14.9 Å². The minimum Gasteiger partial charge on any atom is -0.496 e. The highest BCUT2D eigenvalue weighted by molar-refractivity contribution is 9.10. The zero-order valence-electron chi connectivity index (χ0n) is 10.2. The van der Waals surface area contributed by atoms with Gasteiger partial charge in [0.05, 0.1) is 12.7 Å². The molecule has 2 aromatic rings. The molecule has 1 amide bonds. The van der Waals surface area contributed by atoms with Crippen molar-refractivity contribution in [2.75, 3.05) is 7.11 Å². The van der Waals surface area contributed by atoms with Gasteiger partial charge in [0.25, 0.3) is 0 Å². The predicted molar refractivity (Wildman–Crippen MR) is 76.6 cm³/mol. The monoisotopic (exact) mass is 321 g/mol. The molecule has 5 heteroatoms. The standard InChI is InChI=1S/C14H12BrNO3/c1-18-13-8-9(15)2-5-11(13)12-6-3-10(19-12)4-7-14(16)17/h2-8H,1H3,(H2,16,17)/b7-4+. The van der Waals surface area contributed by atoms with Crippen molar-refractivity contribution in [3.05, 3.63) is 46.6 Å². The van der Waals surface area contributed by atoms with E-state index in [0.29, 0.717) is 17.3 Å². The number of furan rings is 1. The van der Waals surface area contributed by atoms with Gasteiger partial charge in [0.15, 0.2) is 0 Å². The normalized spacial score (nSPS) is 10.8. The number of carbonyl (C=O) groups excluding carboxylic acids is 1. The van der Waals surface area contributed by atoms with Crippen LogP contribution in [0.3, 0.4) is 0 Å². The van der Waals surface area contributed by atoms with Gasteiger partial charge in [-0.05, 0) is 36.4 Å². The molecule has 19 heavy (non-hydrogen) atoms. The van der Waals surface area contributed by atoms with Gasteiger partial charge in [-0.1, -0.05) is 15.9 Å². The largest absolute Gasteiger partial charge is 0.496 e. The second-order valence-corrected chi connectivity index (χ2v) is 4.70. The second kappa shape index (κ2) is 5.75. The molecule has 1 aromatic heterocycles. The lowest BCUT2D eigenvalue weighted by Crippen LogP contribution is -2.04. The minimum atomic E-state index is -0.515. The van der Waals surface area contributed by atoms with E-state index in [-0.39, 0.29) is 0 Å². The number of amides is 1. The van der Waals surface area contributed by atoms with E-state index in [0.717, 1.165) is 10.0 Å². The molecule has 0 aliphatic carbocycles. The third-order valence-corrected chi connectivity index (χ3v) is 2.96. The molecule has 0 aliphatic rings. The van der Waals surface area contributed by atoms with Crippen LogP contribution in [0.4, 0.5) is 0 Å². The number of carbonyl (C=O) groups is 1. The number of hydrogen-bond acceptors (Lipinski definition) is 3. The SMILES string of the molecule is COc1cc(Br)ccc1-c1ccc(/C=C/C(N)=O)o1. The maximum atomic E-state index is 10.7. The molecule has 0 bridgehead atoms. The fraction of sp³-hybridized carbons (Fsp3) is 0.0714. The molecular weight excluding hydrogens is 310 g/mol. The van der Waals surface area contributed by atoms with Gasteiger partial charge in [-0.15, -0.1) is 0 Å². The Hall–Kier alpha value is -2.01. The molecule has 98 valence electrons. The van der Waals surface area contributed by atoms with Gasteiger partial charge < -0.3 is 14.9 Å². The Bertz CT molecular complexity index is 631. The summed E-state index contributed by atoms with van der Waals surface area (Å²) in [4.78, 5) is 10.7. The summed E-state index contributed by atoms with van der Waals surface area (Å²) in [7, 11) is 1.60. The number of hydrogen-bond donors (Lipinski definition) is 1. The topological polar surface area (TPSA) is 65.5 Å². The van der Waals surface area contributed by atoms with Crippen molar-refractivity contribution in [1.82, 2.24) is 0 Å². The van der Waals surface area contributed by atoms with Crippen LogP contribution in [0.5, 0.6) is 5.75 Å². The molecule has 0 saturated carbocycles. The fourth-order valence-electron chi connectivity index (χ4n) is 1.62. The van der Waals surface area contributed by atoms with Crippen LogP contribution in [0.25, 0.3) is 17.4 Å². The van der Waals surface area contributed by atoms with Crippen LogP contribution in [-0.4, -0.2) is 13.0 Å². The Morgan fingerprint density at radius 2 is 2.16 bits per heavy atom. The van der Waals surface area contributed by atoms with Crippen molar-refractivity contribution in [3.8, 4) is 17.1 Å². The van der Waals surface area contributed by atoms with E-state index >= 15 is 0 Å². The lowest BCUT2D eigenvalue weighted by Gasteiger charge is -2.06. The molecule has 0 spiro atoms. The van der Waals surface area contributed by atoms with Crippen molar-refractivity contribution >= 4 is 27.9 Å². The maximum absolute atomic E-state index is 10.7. The van der Waals surface area contributed by atoms with Crippen molar-refractivity contribution in [1.29, 1.82) is 0 Å². The predicted octanol–water partition coefficient (Wildman–Crippen LogP) is 3.22. The van der Waals surface area contributed by atoms with Crippen LogP contribution in [-0.2, 0) is 4.79 Å². The summed E-state index contributed by atoms with van der Waals surface area (Å²) in [6, 6.07) is 9.22. The average Bonchev–Trinajstić information content (AvgIpc) is 2.84. The molecule has 0 atom stereocenters. The summed E-state index contributed by atoms with van der Waals surface area (Å²) in [5, 5.41) is 0. The lowest BCUT2D eigenvalue weighted by molar-refractivity contribution is -0.113. The highest BCUT2D eigenvalue weighted by Gasteiger charge is 2.10. The van der Waals surface area contributed by atoms with E-state index in [2.05, 4.69) is 15.9 Å². The van der Waals surface area contributed by atoms with Gasteiger partial charge >= 0.3 is 0 Å². The van der Waals surface area contributed by atoms with Crippen molar-refractivity contribution in [3.63, 3.8) is 0 Å². The Morgan fingerprint density at radius 1 is 1.37 bits per heavy atom. The minimum absolute atomic E-state index is 0.515. The van der Waals surface area contributed by atoms with Crippen LogP contribution >= 0.6 is 15.9 Å². The number of halogens is 1. The lowest BCUT2D eigenvalue weighted by atomic mass is 10.1. The first-order chi connectivity index (χ1) is 9.10. The van der Waals surface area contributed by atoms with Crippen LogP contribution in [0.15, 0.2) is 45.3 Å². The smallest absolute Gasteiger partial charge is 0.241 e. The van der Waals surface area contributed by atoms with E-state index in [9.17, 15) is 4.79 Å². The summed E-state index contributed by atoms with van der Waals surface area (Å²) in [5.74, 6) is 1.40. The summed E-state index contributed by atoms with van der Waals surface area (Å²) in [6.07, 6.45) is 2.78. The number of benzene rings is 1. The molecule has 1 heterocycles. The summed E-state index contributed by atoms with van der Waals surface area (Å²) >= 11 is 3.38. The number of primary amides is 1. The van der Waals surface area contributed by atoms with Gasteiger partial charge in [0.1, 0.15) is 17.3 Å². The molecule has 2 rings (SSSR count). The Labute approximate surface area is 119 Å². The van der Waals surface area contributed by atoms with Crippen molar-refractivity contribution in [2.24, 2.45) is 5.73 Å². The number of methoxy groups -OCH3 is 1. The zero-order valence-corrected chi connectivity index (χ0v) is 11.8. The Kier molecular flexibility index (Phi) is 4.06. The summed E-state index contributed by atoms with van der Waals surface area (Å²) < 4.78 is 11.8. The Balaban J connectivity index is 2.35. The van der Waals surface area contributed by atoms with E-state index in [1.165, 1.54) is 12.2 Å². The second-order valence-electron chi connectivity index (χ2n) is 3.78.